The lowest BCUT2D eigenvalue weighted by Crippen LogP contribution is -2.35. The van der Waals surface area contributed by atoms with E-state index in [-0.39, 0.29) is 28.5 Å². The van der Waals surface area contributed by atoms with Crippen LogP contribution in [0.15, 0.2) is 60.7 Å². The summed E-state index contributed by atoms with van der Waals surface area (Å²) < 4.78 is 33.6. The zero-order valence-corrected chi connectivity index (χ0v) is 19.1. The summed E-state index contributed by atoms with van der Waals surface area (Å²) in [6.45, 7) is 1.04. The van der Waals surface area contributed by atoms with Gasteiger partial charge in [0.05, 0.1) is 6.54 Å². The molecule has 3 aromatic carbocycles. The Labute approximate surface area is 200 Å². The SMILES string of the molecule is CC1(Cc2ccc(F)cc2)Cc2cc(C(=O)N(CC(=O)O)Cc3c(F)cccc3Cl)ccc2O1. The number of fused-ring (bicyclic) bond motifs is 1. The fraction of sp³-hybridized carbons (Fsp3) is 0.231. The van der Waals surface area contributed by atoms with E-state index in [0.717, 1.165) is 16.0 Å². The molecule has 0 fully saturated rings. The van der Waals surface area contributed by atoms with Gasteiger partial charge in [0, 0.05) is 29.0 Å². The molecule has 8 heteroatoms. The highest BCUT2D eigenvalue weighted by Gasteiger charge is 2.35. The molecule has 34 heavy (non-hydrogen) atoms. The quantitative estimate of drug-likeness (QED) is 0.494. The van der Waals surface area contributed by atoms with E-state index in [0.29, 0.717) is 18.6 Å². The highest BCUT2D eigenvalue weighted by molar-refractivity contribution is 6.31. The summed E-state index contributed by atoms with van der Waals surface area (Å²) in [4.78, 5) is 25.7. The first-order valence-electron chi connectivity index (χ1n) is 10.6. The Morgan fingerprint density at radius 2 is 1.85 bits per heavy atom. The second-order valence-electron chi connectivity index (χ2n) is 8.61. The zero-order valence-electron chi connectivity index (χ0n) is 18.4. The van der Waals surface area contributed by atoms with Gasteiger partial charge in [-0.05, 0) is 60.5 Å². The molecule has 0 bridgehead atoms. The fourth-order valence-corrected chi connectivity index (χ4v) is 4.43. The van der Waals surface area contributed by atoms with E-state index in [2.05, 4.69) is 0 Å². The van der Waals surface area contributed by atoms with Crippen molar-refractivity contribution in [3.05, 3.63) is 99.6 Å². The van der Waals surface area contributed by atoms with Crippen LogP contribution in [-0.2, 0) is 24.2 Å². The predicted octanol–water partition coefficient (Wildman–Crippen LogP) is 5.28. The highest BCUT2D eigenvalue weighted by atomic mass is 35.5. The van der Waals surface area contributed by atoms with Gasteiger partial charge in [0.2, 0.25) is 0 Å². The van der Waals surface area contributed by atoms with Crippen LogP contribution in [0.2, 0.25) is 5.02 Å². The normalized spacial score (nSPS) is 16.6. The Balaban J connectivity index is 1.55. The number of carboxylic acid groups (broad SMARTS) is 1. The molecule has 5 nitrogen and oxygen atoms in total. The summed E-state index contributed by atoms with van der Waals surface area (Å²) in [5.74, 6) is -2.08. The number of rotatable bonds is 7. The molecular weight excluding hydrogens is 464 g/mol. The van der Waals surface area contributed by atoms with Crippen molar-refractivity contribution in [3.63, 3.8) is 0 Å². The van der Waals surface area contributed by atoms with E-state index < -0.39 is 29.8 Å². The van der Waals surface area contributed by atoms with Crippen LogP contribution in [0.3, 0.4) is 0 Å². The van der Waals surface area contributed by atoms with Crippen molar-refractivity contribution in [1.29, 1.82) is 0 Å². The molecule has 4 rings (SSSR count). The molecule has 1 N–H and O–H groups in total. The number of benzene rings is 3. The van der Waals surface area contributed by atoms with E-state index in [4.69, 9.17) is 16.3 Å². The number of amides is 1. The van der Waals surface area contributed by atoms with E-state index in [9.17, 15) is 23.5 Å². The molecule has 0 aliphatic carbocycles. The van der Waals surface area contributed by atoms with E-state index in [1.165, 1.54) is 30.3 Å². The van der Waals surface area contributed by atoms with Crippen molar-refractivity contribution < 1.29 is 28.2 Å². The molecule has 1 aliphatic rings. The first kappa shape index (κ1) is 23.7. The average Bonchev–Trinajstić information content (AvgIpc) is 3.11. The number of ether oxygens (including phenoxy) is 1. The van der Waals surface area contributed by atoms with E-state index >= 15 is 0 Å². The number of halogens is 3. The van der Waals surface area contributed by atoms with Crippen LogP contribution < -0.4 is 4.74 Å². The van der Waals surface area contributed by atoms with Gasteiger partial charge in [0.15, 0.2) is 0 Å². The molecule has 0 radical (unpaired) electrons. The summed E-state index contributed by atoms with van der Waals surface area (Å²) in [5, 5.41) is 9.43. The van der Waals surface area contributed by atoms with Crippen molar-refractivity contribution in [3.8, 4) is 5.75 Å². The van der Waals surface area contributed by atoms with Crippen LogP contribution >= 0.6 is 11.6 Å². The maximum absolute atomic E-state index is 14.3. The summed E-state index contributed by atoms with van der Waals surface area (Å²) in [6, 6.07) is 15.2. The third kappa shape index (κ3) is 5.20. The Bertz CT molecular complexity index is 1230. The molecule has 1 aliphatic heterocycles. The summed E-state index contributed by atoms with van der Waals surface area (Å²) in [6.07, 6.45) is 1.06. The van der Waals surface area contributed by atoms with Crippen LogP contribution in [-0.4, -0.2) is 34.0 Å². The maximum Gasteiger partial charge on any atom is 0.323 e. The van der Waals surface area contributed by atoms with Gasteiger partial charge in [-0.1, -0.05) is 29.8 Å². The molecule has 0 aromatic heterocycles. The minimum Gasteiger partial charge on any atom is -0.487 e. The largest absolute Gasteiger partial charge is 0.487 e. The van der Waals surface area contributed by atoms with Gasteiger partial charge >= 0.3 is 5.97 Å². The van der Waals surface area contributed by atoms with Crippen LogP contribution in [0.5, 0.6) is 5.75 Å². The zero-order chi connectivity index (χ0) is 24.5. The van der Waals surface area contributed by atoms with Crippen LogP contribution in [0.4, 0.5) is 8.78 Å². The molecular formula is C26H22ClF2NO4. The molecule has 3 aromatic rings. The van der Waals surface area contributed by atoms with Crippen molar-refractivity contribution in [2.24, 2.45) is 0 Å². The average molecular weight is 486 g/mol. The Kier molecular flexibility index (Phi) is 6.57. The number of carbonyl (C=O) groups is 2. The number of nitrogens with zero attached hydrogens (tertiary/aromatic N) is 1. The van der Waals surface area contributed by atoms with Crippen molar-refractivity contribution in [1.82, 2.24) is 4.90 Å². The van der Waals surface area contributed by atoms with E-state index in [1.807, 2.05) is 6.92 Å². The van der Waals surface area contributed by atoms with Crippen molar-refractivity contribution in [2.75, 3.05) is 6.54 Å². The second kappa shape index (κ2) is 9.43. The van der Waals surface area contributed by atoms with Crippen molar-refractivity contribution >= 4 is 23.5 Å². The number of hydrogen-bond donors (Lipinski definition) is 1. The summed E-state index contributed by atoms with van der Waals surface area (Å²) in [7, 11) is 0. The predicted molar refractivity (Wildman–Crippen MR) is 123 cm³/mol. The molecule has 1 amide bonds. The molecule has 176 valence electrons. The van der Waals surface area contributed by atoms with Crippen molar-refractivity contribution in [2.45, 2.75) is 31.9 Å². The minimum atomic E-state index is -1.22. The number of hydrogen-bond acceptors (Lipinski definition) is 3. The molecule has 0 saturated heterocycles. The van der Waals surface area contributed by atoms with Gasteiger partial charge in [0.1, 0.15) is 29.5 Å². The molecule has 0 saturated carbocycles. The minimum absolute atomic E-state index is 0.0510. The second-order valence-corrected chi connectivity index (χ2v) is 9.02. The molecule has 1 heterocycles. The number of aliphatic carboxylic acids is 1. The van der Waals surface area contributed by atoms with Crippen LogP contribution in [0, 0.1) is 11.6 Å². The molecule has 0 spiro atoms. The van der Waals surface area contributed by atoms with E-state index in [1.54, 1.807) is 30.3 Å². The Morgan fingerprint density at radius 1 is 1.12 bits per heavy atom. The highest BCUT2D eigenvalue weighted by Crippen LogP contribution is 2.37. The first-order chi connectivity index (χ1) is 16.1. The summed E-state index contributed by atoms with van der Waals surface area (Å²) >= 11 is 6.08. The number of carbonyl (C=O) groups excluding carboxylic acids is 1. The van der Waals surface area contributed by atoms with Gasteiger partial charge in [0.25, 0.3) is 5.91 Å². The van der Waals surface area contributed by atoms with Crippen LogP contribution in [0.1, 0.15) is 34.0 Å². The molecule has 1 unspecified atom stereocenters. The smallest absolute Gasteiger partial charge is 0.323 e. The third-order valence-corrected chi connectivity index (χ3v) is 6.10. The van der Waals surface area contributed by atoms with Gasteiger partial charge in [-0.3, -0.25) is 9.59 Å². The lowest BCUT2D eigenvalue weighted by molar-refractivity contribution is -0.137. The molecule has 1 atom stereocenters. The Hall–Kier alpha value is -3.45. The fourth-order valence-electron chi connectivity index (χ4n) is 4.21. The van der Waals surface area contributed by atoms with Gasteiger partial charge in [-0.25, -0.2) is 8.78 Å². The maximum atomic E-state index is 14.3. The van der Waals surface area contributed by atoms with Gasteiger partial charge in [-0.2, -0.15) is 0 Å². The topological polar surface area (TPSA) is 66.8 Å². The lowest BCUT2D eigenvalue weighted by Gasteiger charge is -2.24. The third-order valence-electron chi connectivity index (χ3n) is 5.74. The number of carboxylic acids is 1. The Morgan fingerprint density at radius 3 is 2.53 bits per heavy atom. The standard InChI is InChI=1S/C26H22ClF2NO4/c1-26(12-16-5-8-19(28)9-6-16)13-18-11-17(7-10-23(18)34-26)25(33)30(15-24(31)32)14-20-21(27)3-2-4-22(20)29/h2-11H,12-15H2,1H3,(H,31,32). The monoisotopic (exact) mass is 485 g/mol. The van der Waals surface area contributed by atoms with Crippen LogP contribution in [0.25, 0.3) is 0 Å². The lowest BCUT2D eigenvalue weighted by atomic mass is 9.91. The first-order valence-corrected chi connectivity index (χ1v) is 11.0. The van der Waals surface area contributed by atoms with Gasteiger partial charge < -0.3 is 14.7 Å². The van der Waals surface area contributed by atoms with Gasteiger partial charge in [-0.15, -0.1) is 0 Å². The summed E-state index contributed by atoms with van der Waals surface area (Å²) in [5.41, 5.74) is 1.46.